The van der Waals surface area contributed by atoms with Gasteiger partial charge in [-0.2, -0.15) is 0 Å². The summed E-state index contributed by atoms with van der Waals surface area (Å²) >= 11 is 0. The van der Waals surface area contributed by atoms with Crippen molar-refractivity contribution in [2.24, 2.45) is 17.3 Å². The molecule has 0 aromatic heterocycles. The van der Waals surface area contributed by atoms with Crippen LogP contribution < -0.4 is 9.64 Å². The van der Waals surface area contributed by atoms with Crippen molar-refractivity contribution in [1.82, 2.24) is 0 Å². The molecule has 4 unspecified atom stereocenters. The van der Waals surface area contributed by atoms with Crippen molar-refractivity contribution in [3.8, 4) is 5.75 Å². The van der Waals surface area contributed by atoms with Gasteiger partial charge in [-0.3, -0.25) is 9.69 Å². The summed E-state index contributed by atoms with van der Waals surface area (Å²) in [6.45, 7) is 8.48. The molecule has 4 nitrogen and oxygen atoms in total. The number of hydrogen-bond donors (Lipinski definition) is 1. The molecule has 0 spiro atoms. The molecule has 0 saturated heterocycles. The first-order chi connectivity index (χ1) is 14.3. The highest BCUT2D eigenvalue weighted by atomic mass is 16.5. The van der Waals surface area contributed by atoms with E-state index in [0.717, 1.165) is 36.3 Å². The monoisotopic (exact) mass is 409 g/mol. The van der Waals surface area contributed by atoms with Gasteiger partial charge in [-0.25, -0.2) is 0 Å². The second-order valence-electron chi connectivity index (χ2n) is 9.84. The van der Waals surface area contributed by atoms with E-state index in [2.05, 4.69) is 32.1 Å². The predicted molar refractivity (Wildman–Crippen MR) is 121 cm³/mol. The molecule has 0 radical (unpaired) electrons. The smallest absolute Gasteiger partial charge is 0.224 e. The molecule has 2 aliphatic carbocycles. The predicted octanol–water partition coefficient (Wildman–Crippen LogP) is 5.19. The molecular weight excluding hydrogens is 374 g/mol. The molecule has 1 amide bonds. The van der Waals surface area contributed by atoms with Crippen molar-refractivity contribution < 1.29 is 14.6 Å². The number of hydrogen-bond acceptors (Lipinski definition) is 3. The van der Waals surface area contributed by atoms with Crippen LogP contribution in [0.1, 0.15) is 58.4 Å². The average molecular weight is 410 g/mol. The first-order valence-electron chi connectivity index (χ1n) is 11.4. The number of allylic oxidation sites excluding steroid dienone is 2. The van der Waals surface area contributed by atoms with Crippen LogP contribution in [-0.4, -0.2) is 29.8 Å². The van der Waals surface area contributed by atoms with Gasteiger partial charge in [-0.15, -0.1) is 0 Å². The van der Waals surface area contributed by atoms with E-state index in [1.807, 2.05) is 30.0 Å². The molecule has 1 aromatic carbocycles. The van der Waals surface area contributed by atoms with Gasteiger partial charge in [0.25, 0.3) is 0 Å². The molecule has 30 heavy (non-hydrogen) atoms. The van der Waals surface area contributed by atoms with Crippen LogP contribution in [0, 0.1) is 24.2 Å². The zero-order valence-corrected chi connectivity index (χ0v) is 18.7. The Morgan fingerprint density at radius 3 is 2.80 bits per heavy atom. The highest BCUT2D eigenvalue weighted by molar-refractivity contribution is 5.95. The van der Waals surface area contributed by atoms with E-state index in [-0.39, 0.29) is 23.5 Å². The molecule has 162 valence electrons. The minimum absolute atomic E-state index is 0.0383. The van der Waals surface area contributed by atoms with Gasteiger partial charge in [0.05, 0.1) is 11.7 Å². The normalized spacial score (nSPS) is 25.5. The largest absolute Gasteiger partial charge is 0.482 e. The van der Waals surface area contributed by atoms with Crippen LogP contribution in [0.15, 0.2) is 42.0 Å². The van der Waals surface area contributed by atoms with E-state index in [1.54, 1.807) is 6.92 Å². The van der Waals surface area contributed by atoms with Gasteiger partial charge in [0.15, 0.2) is 0 Å². The lowest BCUT2D eigenvalue weighted by molar-refractivity contribution is -0.117. The quantitative estimate of drug-likeness (QED) is 0.674. The molecule has 1 fully saturated rings. The molecule has 1 aromatic rings. The summed E-state index contributed by atoms with van der Waals surface area (Å²) < 4.78 is 6.34. The van der Waals surface area contributed by atoms with Crippen LogP contribution in [-0.2, 0) is 4.79 Å². The van der Waals surface area contributed by atoms with E-state index in [0.29, 0.717) is 18.4 Å². The Morgan fingerprint density at radius 2 is 2.13 bits per heavy atom. The van der Waals surface area contributed by atoms with Crippen LogP contribution in [0.4, 0.5) is 5.69 Å². The number of ether oxygens (including phenoxy) is 1. The number of anilines is 1. The summed E-state index contributed by atoms with van der Waals surface area (Å²) in [5.74, 6) is 1.96. The molecule has 1 heterocycles. The summed E-state index contributed by atoms with van der Waals surface area (Å²) in [5, 5.41) is 9.84. The summed E-state index contributed by atoms with van der Waals surface area (Å²) in [7, 11) is 0. The van der Waals surface area contributed by atoms with E-state index < -0.39 is 0 Å². The van der Waals surface area contributed by atoms with E-state index >= 15 is 0 Å². The Bertz CT molecular complexity index is 869. The van der Waals surface area contributed by atoms with Gasteiger partial charge in [0, 0.05) is 13.5 Å². The van der Waals surface area contributed by atoms with E-state index in [1.165, 1.54) is 18.4 Å². The molecular formula is C26H35NO3. The standard InChI is InChI=1S/C26H35NO3/c1-17-7-11-22-24(14-17)30-25-15-20(8-12-23(25)27(22)19(3)29)18(2)6-5-13-26(4,16-28)21-9-10-21/h7-8,11-12,14-15,18,21,23,25,28H,5-6,9-10,13,16H2,1-4H3. The van der Waals surface area contributed by atoms with Crippen LogP contribution in [0.25, 0.3) is 0 Å². The van der Waals surface area contributed by atoms with Crippen LogP contribution in [0.5, 0.6) is 5.75 Å². The lowest BCUT2D eigenvalue weighted by Crippen LogP contribution is -2.51. The number of nitrogens with zero attached hydrogens (tertiary/aromatic N) is 1. The maximum Gasteiger partial charge on any atom is 0.224 e. The average Bonchev–Trinajstić information content (AvgIpc) is 3.56. The van der Waals surface area contributed by atoms with Gasteiger partial charge in [-0.1, -0.05) is 38.5 Å². The minimum Gasteiger partial charge on any atom is -0.482 e. The van der Waals surface area contributed by atoms with Gasteiger partial charge in [0.1, 0.15) is 11.9 Å². The van der Waals surface area contributed by atoms with Crippen molar-refractivity contribution in [2.45, 2.75) is 71.9 Å². The molecule has 3 aliphatic rings. The third-order valence-corrected chi connectivity index (χ3v) is 7.33. The number of aryl methyl sites for hydroxylation is 1. The van der Waals surface area contributed by atoms with Gasteiger partial charge in [-0.05, 0) is 79.2 Å². The highest BCUT2D eigenvalue weighted by Gasteiger charge is 2.41. The van der Waals surface area contributed by atoms with Gasteiger partial charge in [0.2, 0.25) is 5.91 Å². The zero-order chi connectivity index (χ0) is 21.5. The minimum atomic E-state index is -0.153. The van der Waals surface area contributed by atoms with Crippen molar-refractivity contribution in [1.29, 1.82) is 0 Å². The first kappa shape index (κ1) is 21.2. The number of benzene rings is 1. The number of carbonyl (C=O) groups excluding carboxylic acids is 1. The second kappa shape index (κ2) is 8.22. The molecule has 4 heteroatoms. The molecule has 4 rings (SSSR count). The molecule has 4 atom stereocenters. The van der Waals surface area contributed by atoms with Crippen molar-refractivity contribution >= 4 is 11.6 Å². The maximum atomic E-state index is 12.4. The number of aliphatic hydroxyl groups excluding tert-OH is 1. The van der Waals surface area contributed by atoms with Gasteiger partial charge >= 0.3 is 0 Å². The first-order valence-corrected chi connectivity index (χ1v) is 11.4. The lowest BCUT2D eigenvalue weighted by atomic mass is 9.79. The van der Waals surface area contributed by atoms with Crippen molar-refractivity contribution in [3.63, 3.8) is 0 Å². The third-order valence-electron chi connectivity index (χ3n) is 7.33. The fourth-order valence-corrected chi connectivity index (χ4v) is 5.10. The van der Waals surface area contributed by atoms with Crippen LogP contribution in [0.2, 0.25) is 0 Å². The van der Waals surface area contributed by atoms with Crippen LogP contribution in [0.3, 0.4) is 0 Å². The Balaban J connectivity index is 1.45. The molecule has 1 aliphatic heterocycles. The number of carbonyl (C=O) groups is 1. The maximum absolute atomic E-state index is 12.4. The van der Waals surface area contributed by atoms with Crippen LogP contribution >= 0.6 is 0 Å². The molecule has 1 saturated carbocycles. The summed E-state index contributed by atoms with van der Waals surface area (Å²) in [5.41, 5.74) is 3.36. The van der Waals surface area contributed by atoms with E-state index in [9.17, 15) is 9.90 Å². The molecule has 0 bridgehead atoms. The Kier molecular flexibility index (Phi) is 5.80. The fourth-order valence-electron chi connectivity index (χ4n) is 5.10. The topological polar surface area (TPSA) is 49.8 Å². The number of fused-ring (bicyclic) bond motifs is 2. The SMILES string of the molecule is CC(=O)N1c2ccc(C)cc2OC2C=C(C(C)CCCC(C)(CO)C3CC3)C=CC21. The number of aliphatic hydroxyl groups is 1. The third kappa shape index (κ3) is 4.07. The summed E-state index contributed by atoms with van der Waals surface area (Å²) in [6, 6.07) is 5.93. The molecule has 1 N–H and O–H groups in total. The van der Waals surface area contributed by atoms with Crippen molar-refractivity contribution in [2.75, 3.05) is 11.5 Å². The Hall–Kier alpha value is -2.07. The number of rotatable bonds is 7. The van der Waals surface area contributed by atoms with E-state index in [4.69, 9.17) is 4.74 Å². The second-order valence-corrected chi connectivity index (χ2v) is 9.84. The summed E-state index contributed by atoms with van der Waals surface area (Å²) in [6.07, 6.45) is 12.2. The van der Waals surface area contributed by atoms with Gasteiger partial charge < -0.3 is 9.84 Å². The Labute approximate surface area is 180 Å². The Morgan fingerprint density at radius 1 is 1.37 bits per heavy atom. The summed E-state index contributed by atoms with van der Waals surface area (Å²) in [4.78, 5) is 14.3. The zero-order valence-electron chi connectivity index (χ0n) is 18.7. The van der Waals surface area contributed by atoms with Crippen molar-refractivity contribution in [3.05, 3.63) is 47.6 Å². The number of amides is 1. The highest BCUT2D eigenvalue weighted by Crippen LogP contribution is 2.48. The fraction of sp³-hybridized carbons (Fsp3) is 0.577. The lowest BCUT2D eigenvalue weighted by Gasteiger charge is -2.41.